The van der Waals surface area contributed by atoms with Crippen molar-refractivity contribution in [2.75, 3.05) is 13.2 Å². The van der Waals surface area contributed by atoms with Crippen LogP contribution in [0.25, 0.3) is 0 Å². The first-order chi connectivity index (χ1) is 7.36. The molecule has 0 atom stereocenters. The zero-order valence-electron chi connectivity index (χ0n) is 8.99. The highest BCUT2D eigenvalue weighted by Crippen LogP contribution is 2.09. The molecular weight excluding hydrogens is 188 g/mol. The van der Waals surface area contributed by atoms with E-state index in [1.165, 1.54) is 0 Å². The molecule has 0 amide bonds. The Labute approximate surface area is 90.7 Å². The SMILES string of the molecule is CC#CCCOc1ccc(CCN)nc1. The summed E-state index contributed by atoms with van der Waals surface area (Å²) in [5.41, 5.74) is 6.42. The number of aromatic nitrogens is 1. The van der Waals surface area contributed by atoms with Gasteiger partial charge < -0.3 is 10.5 Å². The Balaban J connectivity index is 2.38. The molecule has 0 saturated carbocycles. The van der Waals surface area contributed by atoms with Gasteiger partial charge in [0.2, 0.25) is 0 Å². The molecule has 1 rings (SSSR count). The van der Waals surface area contributed by atoms with Gasteiger partial charge in [-0.3, -0.25) is 4.98 Å². The number of nitrogens with two attached hydrogens (primary N) is 1. The van der Waals surface area contributed by atoms with E-state index in [1.807, 2.05) is 19.1 Å². The van der Waals surface area contributed by atoms with Crippen molar-refractivity contribution < 1.29 is 4.74 Å². The molecule has 1 aromatic rings. The van der Waals surface area contributed by atoms with Crippen molar-refractivity contribution in [3.05, 3.63) is 24.0 Å². The average molecular weight is 204 g/mol. The van der Waals surface area contributed by atoms with Crippen LogP contribution >= 0.6 is 0 Å². The zero-order chi connectivity index (χ0) is 10.9. The van der Waals surface area contributed by atoms with E-state index in [1.54, 1.807) is 6.20 Å². The van der Waals surface area contributed by atoms with Gasteiger partial charge in [0.15, 0.2) is 0 Å². The molecule has 1 aromatic heterocycles. The first kappa shape index (κ1) is 11.5. The van der Waals surface area contributed by atoms with Gasteiger partial charge in [0, 0.05) is 18.5 Å². The Morgan fingerprint density at radius 1 is 1.47 bits per heavy atom. The first-order valence-corrected chi connectivity index (χ1v) is 5.04. The summed E-state index contributed by atoms with van der Waals surface area (Å²) < 4.78 is 5.44. The van der Waals surface area contributed by atoms with Crippen molar-refractivity contribution in [2.45, 2.75) is 19.8 Å². The van der Waals surface area contributed by atoms with Crippen LogP contribution in [0.3, 0.4) is 0 Å². The predicted molar refractivity (Wildman–Crippen MR) is 60.6 cm³/mol. The summed E-state index contributed by atoms with van der Waals surface area (Å²) in [5, 5.41) is 0. The van der Waals surface area contributed by atoms with Gasteiger partial charge in [0.25, 0.3) is 0 Å². The second kappa shape index (κ2) is 6.86. The summed E-state index contributed by atoms with van der Waals surface area (Å²) in [6.45, 7) is 3.06. The maximum absolute atomic E-state index is 5.44. The lowest BCUT2D eigenvalue weighted by molar-refractivity contribution is 0.325. The third-order valence-corrected chi connectivity index (χ3v) is 1.87. The topological polar surface area (TPSA) is 48.1 Å². The highest BCUT2D eigenvalue weighted by atomic mass is 16.5. The Morgan fingerprint density at radius 3 is 2.93 bits per heavy atom. The molecule has 2 N–H and O–H groups in total. The molecule has 0 aliphatic carbocycles. The number of pyridine rings is 1. The minimum Gasteiger partial charge on any atom is -0.491 e. The summed E-state index contributed by atoms with van der Waals surface area (Å²) in [6.07, 6.45) is 3.28. The molecule has 3 nitrogen and oxygen atoms in total. The Kier molecular flexibility index (Phi) is 5.28. The monoisotopic (exact) mass is 204 g/mol. The van der Waals surface area contributed by atoms with Crippen molar-refractivity contribution in [3.63, 3.8) is 0 Å². The number of hydrogen-bond acceptors (Lipinski definition) is 3. The van der Waals surface area contributed by atoms with Crippen LogP contribution in [0.2, 0.25) is 0 Å². The van der Waals surface area contributed by atoms with Gasteiger partial charge in [0.1, 0.15) is 5.75 Å². The van der Waals surface area contributed by atoms with Crippen LogP contribution in [0.5, 0.6) is 5.75 Å². The van der Waals surface area contributed by atoms with Crippen LogP contribution in [-0.2, 0) is 6.42 Å². The molecule has 0 radical (unpaired) electrons. The molecule has 15 heavy (non-hydrogen) atoms. The fraction of sp³-hybridized carbons (Fsp3) is 0.417. The van der Waals surface area contributed by atoms with Gasteiger partial charge in [-0.1, -0.05) is 0 Å². The van der Waals surface area contributed by atoms with Crippen LogP contribution in [0.4, 0.5) is 0 Å². The number of hydrogen-bond donors (Lipinski definition) is 1. The Hall–Kier alpha value is -1.53. The van der Waals surface area contributed by atoms with Crippen LogP contribution < -0.4 is 10.5 Å². The van der Waals surface area contributed by atoms with E-state index in [-0.39, 0.29) is 0 Å². The second-order valence-electron chi connectivity index (χ2n) is 3.05. The third-order valence-electron chi connectivity index (χ3n) is 1.87. The van der Waals surface area contributed by atoms with E-state index < -0.39 is 0 Å². The molecule has 0 aromatic carbocycles. The summed E-state index contributed by atoms with van der Waals surface area (Å²) in [5.74, 6) is 6.54. The molecule has 80 valence electrons. The van der Waals surface area contributed by atoms with Crippen molar-refractivity contribution in [3.8, 4) is 17.6 Å². The van der Waals surface area contributed by atoms with Crippen molar-refractivity contribution in [1.29, 1.82) is 0 Å². The molecule has 0 aliphatic heterocycles. The summed E-state index contributed by atoms with van der Waals surface area (Å²) in [7, 11) is 0. The number of ether oxygens (including phenoxy) is 1. The summed E-state index contributed by atoms with van der Waals surface area (Å²) in [4.78, 5) is 4.23. The highest BCUT2D eigenvalue weighted by molar-refractivity contribution is 5.20. The second-order valence-corrected chi connectivity index (χ2v) is 3.05. The van der Waals surface area contributed by atoms with Crippen LogP contribution in [0.15, 0.2) is 18.3 Å². The highest BCUT2D eigenvalue weighted by Gasteiger charge is 1.95. The van der Waals surface area contributed by atoms with Crippen LogP contribution in [0.1, 0.15) is 19.0 Å². The lowest BCUT2D eigenvalue weighted by atomic mass is 10.3. The molecule has 0 bridgehead atoms. The molecule has 0 aliphatic rings. The minimum atomic E-state index is 0.610. The van der Waals surface area contributed by atoms with Gasteiger partial charge >= 0.3 is 0 Å². The van der Waals surface area contributed by atoms with Crippen molar-refractivity contribution >= 4 is 0 Å². The van der Waals surface area contributed by atoms with Gasteiger partial charge in [-0.05, 0) is 25.6 Å². The predicted octanol–water partition coefficient (Wildman–Crippen LogP) is 1.38. The van der Waals surface area contributed by atoms with Crippen LogP contribution in [-0.4, -0.2) is 18.1 Å². The van der Waals surface area contributed by atoms with Crippen LogP contribution in [0, 0.1) is 11.8 Å². The average Bonchev–Trinajstić information content (AvgIpc) is 2.27. The third kappa shape index (κ3) is 4.48. The fourth-order valence-corrected chi connectivity index (χ4v) is 1.14. The van der Waals surface area contributed by atoms with Gasteiger partial charge in [-0.25, -0.2) is 0 Å². The molecule has 0 fully saturated rings. The van der Waals surface area contributed by atoms with Crippen molar-refractivity contribution in [2.24, 2.45) is 5.73 Å². The Morgan fingerprint density at radius 2 is 2.33 bits per heavy atom. The molecule has 0 saturated heterocycles. The maximum atomic E-state index is 5.44. The molecule has 3 heteroatoms. The van der Waals surface area contributed by atoms with Crippen molar-refractivity contribution in [1.82, 2.24) is 4.98 Å². The molecule has 0 spiro atoms. The Bertz CT molecular complexity index is 335. The smallest absolute Gasteiger partial charge is 0.137 e. The first-order valence-electron chi connectivity index (χ1n) is 5.04. The lowest BCUT2D eigenvalue weighted by Gasteiger charge is -2.04. The van der Waals surface area contributed by atoms with Gasteiger partial charge in [-0.15, -0.1) is 11.8 Å². The summed E-state index contributed by atoms with van der Waals surface area (Å²) >= 11 is 0. The quantitative estimate of drug-likeness (QED) is 0.582. The lowest BCUT2D eigenvalue weighted by Crippen LogP contribution is -2.04. The van der Waals surface area contributed by atoms with E-state index in [4.69, 9.17) is 10.5 Å². The van der Waals surface area contributed by atoms with Gasteiger partial charge in [0.05, 0.1) is 12.8 Å². The van der Waals surface area contributed by atoms with E-state index >= 15 is 0 Å². The number of rotatable bonds is 5. The fourth-order valence-electron chi connectivity index (χ4n) is 1.14. The summed E-state index contributed by atoms with van der Waals surface area (Å²) in [6, 6.07) is 3.85. The number of nitrogens with zero attached hydrogens (tertiary/aromatic N) is 1. The van der Waals surface area contributed by atoms with E-state index in [0.29, 0.717) is 13.2 Å². The van der Waals surface area contributed by atoms with E-state index in [0.717, 1.165) is 24.3 Å². The normalized spacial score (nSPS) is 9.20. The minimum absolute atomic E-state index is 0.610. The maximum Gasteiger partial charge on any atom is 0.137 e. The standard InChI is InChI=1S/C12H16N2O/c1-2-3-4-9-15-12-6-5-11(7-8-13)14-10-12/h5-6,10H,4,7-9,13H2,1H3. The van der Waals surface area contributed by atoms with E-state index in [2.05, 4.69) is 16.8 Å². The largest absolute Gasteiger partial charge is 0.491 e. The zero-order valence-corrected chi connectivity index (χ0v) is 8.99. The van der Waals surface area contributed by atoms with Gasteiger partial charge in [-0.2, -0.15) is 0 Å². The molecule has 1 heterocycles. The molecule has 0 unspecified atom stereocenters. The van der Waals surface area contributed by atoms with E-state index in [9.17, 15) is 0 Å². The molecular formula is C12H16N2O.